The molecule has 11 rings (SSSR count). The summed E-state index contributed by atoms with van der Waals surface area (Å²) in [7, 11) is 0. The van der Waals surface area contributed by atoms with Gasteiger partial charge in [0.05, 0.1) is 0 Å². The van der Waals surface area contributed by atoms with Crippen LogP contribution in [0.1, 0.15) is 66.8 Å². The zero-order valence-corrected chi connectivity index (χ0v) is 38.1. The first kappa shape index (κ1) is 43.0. The second kappa shape index (κ2) is 19.3. The lowest BCUT2D eigenvalue weighted by Crippen LogP contribution is -2.02. The summed E-state index contributed by atoms with van der Waals surface area (Å²) in [5.41, 5.74) is 16.2. The summed E-state index contributed by atoms with van der Waals surface area (Å²) in [5, 5.41) is 0. The number of hydrogen-bond donors (Lipinski definition) is 0. The molecule has 2 aliphatic rings. The second-order valence-corrected chi connectivity index (χ2v) is 17.1. The number of ketones is 2. The van der Waals surface area contributed by atoms with E-state index in [9.17, 15) is 0 Å². The molecule has 0 heterocycles. The molecule has 0 bridgehead atoms. The second-order valence-electron chi connectivity index (χ2n) is 17.1. The van der Waals surface area contributed by atoms with E-state index in [4.69, 9.17) is 0 Å². The van der Waals surface area contributed by atoms with Gasteiger partial charge in [0.1, 0.15) is 0 Å². The summed E-state index contributed by atoms with van der Waals surface area (Å²) in [6.07, 6.45) is 0. The molecule has 0 fully saturated rings. The van der Waals surface area contributed by atoms with Gasteiger partial charge in [-0.3, -0.25) is 9.59 Å². The number of allylic oxidation sites excluding steroid dienone is 8. The average molecular weight is 891 g/mol. The standard InChI is InChI=1S/C68H42O2/c69-67-63(51-24-11-3-12-25-51)59(55-42-38-49(39-43-55)36-34-47-20-7-1-8-21-47)61(65(67)53-28-15-5-16-29-53)57-32-19-33-58(46-57)62-60(56-44-40-50(41-45-56)37-35-48-22-9-2-10-23-48)64(52-26-13-4-14-27-52)68(70)66(62)54-30-17-6-18-31-54/h1-33,38-46H. The van der Waals surface area contributed by atoms with Crippen LogP contribution in [0.4, 0.5) is 0 Å². The first-order chi connectivity index (χ1) is 34.6. The van der Waals surface area contributed by atoms with E-state index in [0.29, 0.717) is 22.3 Å². The molecule has 9 aromatic carbocycles. The third kappa shape index (κ3) is 8.51. The molecule has 0 saturated carbocycles. The molecule has 0 aliphatic heterocycles. The van der Waals surface area contributed by atoms with Gasteiger partial charge in [0.15, 0.2) is 11.6 Å². The van der Waals surface area contributed by atoms with E-state index in [1.54, 1.807) is 0 Å². The predicted octanol–water partition coefficient (Wildman–Crippen LogP) is 14.7. The fourth-order valence-corrected chi connectivity index (χ4v) is 9.48. The molecule has 0 spiro atoms. The van der Waals surface area contributed by atoms with Crippen LogP contribution in [0.5, 0.6) is 0 Å². The highest BCUT2D eigenvalue weighted by atomic mass is 16.1. The van der Waals surface area contributed by atoms with E-state index in [0.717, 1.165) is 89.1 Å². The Kier molecular flexibility index (Phi) is 11.9. The molecular weight excluding hydrogens is 849 g/mol. The van der Waals surface area contributed by atoms with Crippen LogP contribution in [0.2, 0.25) is 0 Å². The Bertz CT molecular complexity index is 3460. The lowest BCUT2D eigenvalue weighted by molar-refractivity contribution is -0.109. The smallest absolute Gasteiger partial charge is 0.195 e. The topological polar surface area (TPSA) is 34.1 Å². The van der Waals surface area contributed by atoms with Gasteiger partial charge in [0.25, 0.3) is 0 Å². The van der Waals surface area contributed by atoms with Crippen molar-refractivity contribution in [1.29, 1.82) is 0 Å². The Morgan fingerprint density at radius 2 is 0.400 bits per heavy atom. The number of rotatable bonds is 8. The maximum Gasteiger partial charge on any atom is 0.195 e. The minimum Gasteiger partial charge on any atom is -0.289 e. The van der Waals surface area contributed by atoms with Gasteiger partial charge in [-0.1, -0.05) is 224 Å². The Hall–Kier alpha value is -9.60. The molecule has 9 aromatic rings. The quantitative estimate of drug-likeness (QED) is 0.142. The Morgan fingerprint density at radius 1 is 0.186 bits per heavy atom. The van der Waals surface area contributed by atoms with Crippen LogP contribution in [-0.4, -0.2) is 11.6 Å². The highest BCUT2D eigenvalue weighted by molar-refractivity contribution is 6.60. The van der Waals surface area contributed by atoms with E-state index < -0.39 is 0 Å². The predicted molar refractivity (Wildman–Crippen MR) is 287 cm³/mol. The first-order valence-electron chi connectivity index (χ1n) is 23.3. The van der Waals surface area contributed by atoms with Crippen molar-refractivity contribution in [3.63, 3.8) is 0 Å². The monoisotopic (exact) mass is 890 g/mol. The molecule has 2 nitrogen and oxygen atoms in total. The van der Waals surface area contributed by atoms with Gasteiger partial charge in [-0.25, -0.2) is 0 Å². The van der Waals surface area contributed by atoms with Crippen LogP contribution >= 0.6 is 0 Å². The van der Waals surface area contributed by atoms with Crippen molar-refractivity contribution in [2.75, 3.05) is 0 Å². The fourth-order valence-electron chi connectivity index (χ4n) is 9.48. The molecule has 0 amide bonds. The van der Waals surface area contributed by atoms with Gasteiger partial charge in [-0.2, -0.15) is 0 Å². The van der Waals surface area contributed by atoms with E-state index in [-0.39, 0.29) is 11.6 Å². The maximum absolute atomic E-state index is 15.4. The first-order valence-corrected chi connectivity index (χ1v) is 23.3. The third-order valence-electron chi connectivity index (χ3n) is 12.7. The number of Topliss-reactive ketones (excluding diaryl/α,β-unsaturated/α-hetero) is 2. The molecule has 0 atom stereocenters. The number of hydrogen-bond acceptors (Lipinski definition) is 2. The molecule has 0 saturated heterocycles. The van der Waals surface area contributed by atoms with Crippen LogP contribution in [0, 0.1) is 23.7 Å². The van der Waals surface area contributed by atoms with E-state index in [1.807, 2.05) is 212 Å². The summed E-state index contributed by atoms with van der Waals surface area (Å²) in [4.78, 5) is 30.8. The zero-order chi connectivity index (χ0) is 47.2. The largest absolute Gasteiger partial charge is 0.289 e. The van der Waals surface area contributed by atoms with Gasteiger partial charge >= 0.3 is 0 Å². The SMILES string of the molecule is O=C1C(c2ccccc2)=C(c2ccc(C#Cc3ccccc3)cc2)C(c2cccc(C3=C(c4ccccc4)C(=O)C(c4ccccc4)=C3c3ccc(C#Cc4ccccc4)cc3)c2)=C1c1ccccc1. The lowest BCUT2D eigenvalue weighted by atomic mass is 9.85. The van der Waals surface area contributed by atoms with Gasteiger partial charge in [-0.15, -0.1) is 0 Å². The van der Waals surface area contributed by atoms with Crippen molar-refractivity contribution in [2.24, 2.45) is 0 Å². The Balaban J connectivity index is 1.13. The van der Waals surface area contributed by atoms with Crippen molar-refractivity contribution in [2.45, 2.75) is 0 Å². The average Bonchev–Trinajstić information content (AvgIpc) is 3.92. The highest BCUT2D eigenvalue weighted by Gasteiger charge is 2.38. The molecule has 0 N–H and O–H groups in total. The molecule has 2 heteroatoms. The number of carbonyl (C=O) groups excluding carboxylic acids is 2. The van der Waals surface area contributed by atoms with Crippen LogP contribution in [0.15, 0.2) is 255 Å². The maximum atomic E-state index is 15.4. The fraction of sp³-hybridized carbons (Fsp3) is 0. The molecule has 2 aliphatic carbocycles. The summed E-state index contributed by atoms with van der Waals surface area (Å²) in [6.45, 7) is 0. The van der Waals surface area contributed by atoms with Crippen molar-refractivity contribution in [3.8, 4) is 23.7 Å². The van der Waals surface area contributed by atoms with Crippen LogP contribution < -0.4 is 0 Å². The summed E-state index contributed by atoms with van der Waals surface area (Å²) >= 11 is 0. The van der Waals surface area contributed by atoms with Crippen LogP contribution in [0.3, 0.4) is 0 Å². The van der Waals surface area contributed by atoms with Crippen molar-refractivity contribution in [1.82, 2.24) is 0 Å². The number of carbonyl (C=O) groups is 2. The van der Waals surface area contributed by atoms with Crippen molar-refractivity contribution in [3.05, 3.63) is 322 Å². The van der Waals surface area contributed by atoms with Gasteiger partial charge in [0.2, 0.25) is 0 Å². The Labute approximate surface area is 409 Å². The van der Waals surface area contributed by atoms with Gasteiger partial charge in [-0.05, 0) is 99.1 Å². The molecule has 0 radical (unpaired) electrons. The lowest BCUT2D eigenvalue weighted by Gasteiger charge is -2.17. The Morgan fingerprint density at radius 3 is 0.686 bits per heavy atom. The molecule has 0 unspecified atom stereocenters. The minimum atomic E-state index is -0.0524. The van der Waals surface area contributed by atoms with Crippen molar-refractivity contribution < 1.29 is 9.59 Å². The van der Waals surface area contributed by atoms with E-state index >= 15 is 9.59 Å². The molecule has 70 heavy (non-hydrogen) atoms. The van der Waals surface area contributed by atoms with Crippen molar-refractivity contribution >= 4 is 56.2 Å². The zero-order valence-electron chi connectivity index (χ0n) is 38.1. The van der Waals surface area contributed by atoms with E-state index in [1.165, 1.54) is 0 Å². The summed E-state index contributed by atoms with van der Waals surface area (Å²) in [6, 6.07) is 84.5. The van der Waals surface area contributed by atoms with Gasteiger partial charge in [0, 0.05) is 66.8 Å². The molecule has 0 aromatic heterocycles. The minimum absolute atomic E-state index is 0.0524. The highest BCUT2D eigenvalue weighted by Crippen LogP contribution is 2.53. The van der Waals surface area contributed by atoms with E-state index in [2.05, 4.69) is 66.1 Å². The van der Waals surface area contributed by atoms with Crippen LogP contribution in [-0.2, 0) is 9.59 Å². The summed E-state index contributed by atoms with van der Waals surface area (Å²) < 4.78 is 0. The van der Waals surface area contributed by atoms with Gasteiger partial charge < -0.3 is 0 Å². The third-order valence-corrected chi connectivity index (χ3v) is 12.7. The molecule has 326 valence electrons. The molecular formula is C68H42O2. The van der Waals surface area contributed by atoms with Crippen LogP contribution in [0.25, 0.3) is 44.6 Å². The number of benzene rings is 9. The summed E-state index contributed by atoms with van der Waals surface area (Å²) in [5.74, 6) is 13.1. The normalized spacial score (nSPS) is 13.3.